The summed E-state index contributed by atoms with van der Waals surface area (Å²) in [7, 11) is 0. The number of rotatable bonds is 9. The van der Waals surface area contributed by atoms with Gasteiger partial charge in [0.2, 0.25) is 0 Å². The number of esters is 1. The number of benzene rings is 2. The van der Waals surface area contributed by atoms with E-state index in [9.17, 15) is 14.0 Å². The van der Waals surface area contributed by atoms with Gasteiger partial charge in [-0.1, -0.05) is 24.3 Å². The fraction of sp³-hybridized carbons (Fsp3) is 0.424. The number of hydrogen-bond acceptors (Lipinski definition) is 5. The molecule has 5 nitrogen and oxygen atoms in total. The Hall–Kier alpha value is -3.38. The van der Waals surface area contributed by atoms with Crippen LogP contribution in [0.25, 0.3) is 11.1 Å². The van der Waals surface area contributed by atoms with Crippen molar-refractivity contribution in [1.29, 1.82) is 0 Å². The summed E-state index contributed by atoms with van der Waals surface area (Å²) in [6.45, 7) is 0.737. The molecule has 0 aliphatic heterocycles. The fourth-order valence-electron chi connectivity index (χ4n) is 7.87. The van der Waals surface area contributed by atoms with E-state index in [0.29, 0.717) is 28.7 Å². The maximum absolute atomic E-state index is 14.0. The van der Waals surface area contributed by atoms with Gasteiger partial charge in [-0.2, -0.15) is 0 Å². The zero-order valence-corrected chi connectivity index (χ0v) is 22.2. The van der Waals surface area contributed by atoms with Crippen molar-refractivity contribution in [3.05, 3.63) is 89.0 Å². The lowest BCUT2D eigenvalue weighted by molar-refractivity contribution is -0.0653. The second kappa shape index (κ2) is 10.6. The van der Waals surface area contributed by atoms with Crippen LogP contribution >= 0.6 is 0 Å². The van der Waals surface area contributed by atoms with Crippen LogP contribution in [0.1, 0.15) is 76.8 Å². The zero-order chi connectivity index (χ0) is 27.0. The third-order valence-corrected chi connectivity index (χ3v) is 9.30. The highest BCUT2D eigenvalue weighted by Gasteiger charge is 2.50. The number of Topliss-reactive ketones (excluding diaryl/α,β-unsaturated/α-hetero) is 1. The molecule has 1 aromatic heterocycles. The molecular weight excluding hydrogens is 491 g/mol. The average Bonchev–Trinajstić information content (AvgIpc) is 2.93. The van der Waals surface area contributed by atoms with E-state index < -0.39 is 5.82 Å². The zero-order valence-electron chi connectivity index (χ0n) is 22.2. The molecular formula is C33H35FN2O3. The van der Waals surface area contributed by atoms with E-state index in [2.05, 4.69) is 4.98 Å². The van der Waals surface area contributed by atoms with Crippen molar-refractivity contribution in [2.45, 2.75) is 57.9 Å². The summed E-state index contributed by atoms with van der Waals surface area (Å²) in [6.07, 6.45) is 11.6. The molecule has 39 heavy (non-hydrogen) atoms. The molecule has 0 radical (unpaired) electrons. The van der Waals surface area contributed by atoms with Gasteiger partial charge in [0.1, 0.15) is 5.82 Å². The number of halogens is 1. The molecule has 4 bridgehead atoms. The summed E-state index contributed by atoms with van der Waals surface area (Å²) >= 11 is 0. The third kappa shape index (κ3) is 5.40. The first kappa shape index (κ1) is 25.9. The van der Waals surface area contributed by atoms with E-state index in [1.54, 1.807) is 24.3 Å². The van der Waals surface area contributed by atoms with Crippen LogP contribution in [0.3, 0.4) is 0 Å². The molecule has 2 aromatic carbocycles. The fourth-order valence-corrected chi connectivity index (χ4v) is 7.87. The maximum atomic E-state index is 14.0. The van der Waals surface area contributed by atoms with Gasteiger partial charge in [-0.05, 0) is 115 Å². The van der Waals surface area contributed by atoms with Gasteiger partial charge in [0.15, 0.2) is 5.78 Å². The summed E-state index contributed by atoms with van der Waals surface area (Å²) in [5.74, 6) is 1.62. The largest absolute Gasteiger partial charge is 0.462 e. The number of hydrogen-bond donors (Lipinski definition) is 1. The van der Waals surface area contributed by atoms with Gasteiger partial charge in [-0.3, -0.25) is 9.78 Å². The molecule has 0 amide bonds. The minimum atomic E-state index is -0.501. The Morgan fingerprint density at radius 2 is 1.69 bits per heavy atom. The Labute approximate surface area is 229 Å². The molecule has 1 heterocycles. The van der Waals surface area contributed by atoms with Crippen LogP contribution < -0.4 is 5.73 Å². The van der Waals surface area contributed by atoms with Crippen LogP contribution in [-0.2, 0) is 17.7 Å². The molecule has 0 saturated heterocycles. The van der Waals surface area contributed by atoms with Crippen LogP contribution in [0, 0.1) is 29.0 Å². The number of nitrogens with zero attached hydrogens (tertiary/aromatic N) is 1. The van der Waals surface area contributed by atoms with Gasteiger partial charge in [-0.15, -0.1) is 0 Å². The van der Waals surface area contributed by atoms with E-state index in [-0.39, 0.29) is 24.7 Å². The molecule has 4 fully saturated rings. The van der Waals surface area contributed by atoms with Crippen LogP contribution in [0.15, 0.2) is 60.9 Å². The first-order chi connectivity index (χ1) is 18.9. The van der Waals surface area contributed by atoms with E-state index in [4.69, 9.17) is 10.5 Å². The first-order valence-corrected chi connectivity index (χ1v) is 14.1. The van der Waals surface area contributed by atoms with Crippen LogP contribution in [0.5, 0.6) is 0 Å². The number of aromatic nitrogens is 1. The number of carbonyl (C=O) groups excluding carboxylic acids is 2. The van der Waals surface area contributed by atoms with E-state index in [1.807, 2.05) is 18.2 Å². The van der Waals surface area contributed by atoms with E-state index >= 15 is 0 Å². The highest BCUT2D eigenvalue weighted by Crippen LogP contribution is 2.61. The van der Waals surface area contributed by atoms with Crippen LogP contribution in [-0.4, -0.2) is 23.3 Å². The lowest BCUT2D eigenvalue weighted by Crippen LogP contribution is -2.46. The predicted molar refractivity (Wildman–Crippen MR) is 148 cm³/mol. The number of ketones is 1. The average molecular weight is 527 g/mol. The monoisotopic (exact) mass is 526 g/mol. The molecule has 0 spiro atoms. The van der Waals surface area contributed by atoms with E-state index in [0.717, 1.165) is 47.1 Å². The molecule has 202 valence electrons. The second-order valence-electron chi connectivity index (χ2n) is 12.0. The SMILES string of the molecule is NCc1ccc(C(=O)Cc2ccncc2F)cc1-c1cccc(C(=O)OCCC23CC4CC(CC(C4)C2)C3)c1. The Kier molecular flexibility index (Phi) is 7.06. The van der Waals surface area contributed by atoms with Gasteiger partial charge >= 0.3 is 5.97 Å². The first-order valence-electron chi connectivity index (χ1n) is 14.1. The quantitative estimate of drug-likeness (QED) is 0.253. The Bertz CT molecular complexity index is 1370. The van der Waals surface area contributed by atoms with Crippen LogP contribution in [0.2, 0.25) is 0 Å². The number of carbonyl (C=O) groups is 2. The molecule has 7 rings (SSSR count). The normalized spacial score (nSPS) is 25.0. The van der Waals surface area contributed by atoms with Crippen molar-refractivity contribution in [1.82, 2.24) is 4.98 Å². The third-order valence-electron chi connectivity index (χ3n) is 9.30. The molecule has 4 aliphatic carbocycles. The van der Waals surface area contributed by atoms with Gasteiger partial charge < -0.3 is 10.5 Å². The number of nitrogens with two attached hydrogens (primary N) is 1. The maximum Gasteiger partial charge on any atom is 0.338 e. The lowest BCUT2D eigenvalue weighted by atomic mass is 9.49. The minimum absolute atomic E-state index is 0.0636. The smallest absolute Gasteiger partial charge is 0.338 e. The highest BCUT2D eigenvalue weighted by molar-refractivity contribution is 5.99. The van der Waals surface area contributed by atoms with Crippen molar-refractivity contribution in [3.63, 3.8) is 0 Å². The summed E-state index contributed by atoms with van der Waals surface area (Å²) in [6, 6.07) is 14.1. The van der Waals surface area contributed by atoms with Gasteiger partial charge in [-0.25, -0.2) is 9.18 Å². The van der Waals surface area contributed by atoms with Crippen molar-refractivity contribution in [2.24, 2.45) is 28.9 Å². The number of pyridine rings is 1. The molecule has 0 unspecified atom stereocenters. The predicted octanol–water partition coefficient (Wildman–Crippen LogP) is 6.54. The summed E-state index contributed by atoms with van der Waals surface area (Å²) in [5, 5.41) is 0. The Morgan fingerprint density at radius 1 is 0.949 bits per heavy atom. The minimum Gasteiger partial charge on any atom is -0.462 e. The standard InChI is InChI=1S/C33H35FN2O3/c34-30-20-36-8-6-25(30)15-31(37)26-4-5-28(19-35)29(14-26)24-2-1-3-27(13-24)32(38)39-9-7-33-16-21-10-22(17-33)12-23(11-21)18-33/h1-6,8,13-14,20-23H,7,9-12,15-19,35H2. The summed E-state index contributed by atoms with van der Waals surface area (Å²) in [5.41, 5.74) is 10.1. The molecule has 3 aromatic rings. The van der Waals surface area contributed by atoms with Gasteiger partial charge in [0, 0.05) is 24.7 Å². The lowest BCUT2D eigenvalue weighted by Gasteiger charge is -2.57. The van der Waals surface area contributed by atoms with Gasteiger partial charge in [0.25, 0.3) is 0 Å². The van der Waals surface area contributed by atoms with Crippen molar-refractivity contribution >= 4 is 11.8 Å². The van der Waals surface area contributed by atoms with Gasteiger partial charge in [0.05, 0.1) is 18.4 Å². The van der Waals surface area contributed by atoms with Crippen molar-refractivity contribution in [3.8, 4) is 11.1 Å². The highest BCUT2D eigenvalue weighted by atomic mass is 19.1. The molecule has 4 saturated carbocycles. The Balaban J connectivity index is 1.15. The van der Waals surface area contributed by atoms with Crippen molar-refractivity contribution < 1.29 is 18.7 Å². The second-order valence-corrected chi connectivity index (χ2v) is 12.0. The molecule has 0 atom stereocenters. The topological polar surface area (TPSA) is 82.3 Å². The van der Waals surface area contributed by atoms with Crippen molar-refractivity contribution in [2.75, 3.05) is 6.61 Å². The molecule has 6 heteroatoms. The Morgan fingerprint density at radius 3 is 2.38 bits per heavy atom. The van der Waals surface area contributed by atoms with E-state index in [1.165, 1.54) is 50.8 Å². The van der Waals surface area contributed by atoms with Crippen LogP contribution in [0.4, 0.5) is 4.39 Å². The molecule has 4 aliphatic rings. The number of ether oxygens (including phenoxy) is 1. The summed E-state index contributed by atoms with van der Waals surface area (Å²) in [4.78, 5) is 29.8. The summed E-state index contributed by atoms with van der Waals surface area (Å²) < 4.78 is 19.8. The molecule has 2 N–H and O–H groups in total.